The van der Waals surface area contributed by atoms with Crippen molar-refractivity contribution in [3.05, 3.63) is 72.2 Å². The largest absolute Gasteiger partial charge is 0.593 e. The van der Waals surface area contributed by atoms with E-state index in [4.69, 9.17) is 0 Å². The lowest BCUT2D eigenvalue weighted by atomic mass is 10.1. The summed E-state index contributed by atoms with van der Waals surface area (Å²) in [6, 6.07) is 12.2. The molecule has 138 valence electrons. The molecule has 0 aliphatic carbocycles. The molecule has 27 heavy (non-hydrogen) atoms. The third-order valence-corrected chi connectivity index (χ3v) is 5.56. The van der Waals surface area contributed by atoms with Crippen molar-refractivity contribution in [2.75, 3.05) is 6.54 Å². The second-order valence-corrected chi connectivity index (χ2v) is 7.60. The summed E-state index contributed by atoms with van der Waals surface area (Å²) in [7, 11) is 0. The first-order valence-electron chi connectivity index (χ1n) is 8.63. The van der Waals surface area contributed by atoms with Gasteiger partial charge < -0.3 is 14.5 Å². The molecule has 2 heterocycles. The van der Waals surface area contributed by atoms with Crippen LogP contribution in [0.5, 0.6) is 0 Å². The number of rotatable bonds is 6. The Morgan fingerprint density at radius 1 is 1.11 bits per heavy atom. The zero-order valence-corrected chi connectivity index (χ0v) is 15.6. The molecule has 5 nitrogen and oxygen atoms in total. The summed E-state index contributed by atoms with van der Waals surface area (Å²) < 4.78 is 28.8. The monoisotopic (exact) mass is 382 g/mol. The van der Waals surface area contributed by atoms with E-state index in [0.29, 0.717) is 17.9 Å². The van der Waals surface area contributed by atoms with E-state index >= 15 is 0 Å². The lowest BCUT2D eigenvalue weighted by Crippen LogP contribution is -2.26. The molecule has 0 fully saturated rings. The number of hydrogen-bond acceptors (Lipinski definition) is 3. The predicted molar refractivity (Wildman–Crippen MR) is 105 cm³/mol. The van der Waals surface area contributed by atoms with Crippen LogP contribution in [0.15, 0.2) is 59.8 Å². The predicted octanol–water partition coefficient (Wildman–Crippen LogP) is 3.86. The molecule has 3 N–H and O–H groups in total. The van der Waals surface area contributed by atoms with E-state index in [1.165, 1.54) is 12.1 Å². The van der Waals surface area contributed by atoms with Gasteiger partial charge in [0.2, 0.25) is 0 Å². The molecule has 1 atom stereocenters. The fourth-order valence-electron chi connectivity index (χ4n) is 3.05. The van der Waals surface area contributed by atoms with Crippen LogP contribution in [0, 0.1) is 12.7 Å². The first kappa shape index (κ1) is 17.8. The molecule has 2 aromatic carbocycles. The van der Waals surface area contributed by atoms with E-state index in [2.05, 4.69) is 19.7 Å². The van der Waals surface area contributed by atoms with Gasteiger partial charge in [-0.25, -0.2) is 9.37 Å². The van der Waals surface area contributed by atoms with Gasteiger partial charge in [0.25, 0.3) is 0 Å². The number of aromatic nitrogens is 3. The van der Waals surface area contributed by atoms with Crippen molar-refractivity contribution in [2.45, 2.75) is 18.2 Å². The van der Waals surface area contributed by atoms with Crippen LogP contribution in [0.1, 0.15) is 11.5 Å². The lowest BCUT2D eigenvalue weighted by Gasteiger charge is -2.10. The number of aryl methyl sites for hydroxylation is 1. The van der Waals surface area contributed by atoms with Crippen LogP contribution < -0.4 is 4.72 Å². The maximum atomic E-state index is 13.3. The van der Waals surface area contributed by atoms with E-state index in [1.807, 2.05) is 43.6 Å². The van der Waals surface area contributed by atoms with Crippen molar-refractivity contribution in [3.8, 4) is 11.1 Å². The first-order chi connectivity index (χ1) is 13.1. The second-order valence-electron chi connectivity index (χ2n) is 6.31. The highest BCUT2D eigenvalue weighted by molar-refractivity contribution is 7.89. The summed E-state index contributed by atoms with van der Waals surface area (Å²) in [6.07, 6.45) is 4.43. The van der Waals surface area contributed by atoms with Crippen molar-refractivity contribution in [1.82, 2.24) is 19.7 Å². The molecule has 0 saturated heterocycles. The summed E-state index contributed by atoms with van der Waals surface area (Å²) in [5.41, 5.74) is 3.68. The van der Waals surface area contributed by atoms with Crippen LogP contribution in [0.3, 0.4) is 0 Å². The Morgan fingerprint density at radius 2 is 1.93 bits per heavy atom. The number of hydrogen-bond donors (Lipinski definition) is 3. The molecule has 0 spiro atoms. The van der Waals surface area contributed by atoms with E-state index in [1.54, 1.807) is 6.07 Å². The average molecular weight is 382 g/mol. The van der Waals surface area contributed by atoms with Gasteiger partial charge in [-0.05, 0) is 55.0 Å². The zero-order valence-electron chi connectivity index (χ0n) is 14.8. The molecule has 0 amide bonds. The van der Waals surface area contributed by atoms with Crippen LogP contribution in [0.4, 0.5) is 4.39 Å². The van der Waals surface area contributed by atoms with Crippen molar-refractivity contribution < 1.29 is 8.94 Å². The Morgan fingerprint density at radius 3 is 2.67 bits per heavy atom. The summed E-state index contributed by atoms with van der Waals surface area (Å²) in [4.78, 5) is 11.2. The maximum absolute atomic E-state index is 13.3. The average Bonchev–Trinajstić information content (AvgIpc) is 3.27. The quantitative estimate of drug-likeness (QED) is 0.443. The van der Waals surface area contributed by atoms with Gasteiger partial charge in [-0.15, -0.1) is 4.72 Å². The summed E-state index contributed by atoms with van der Waals surface area (Å²) in [6.45, 7) is 2.48. The van der Waals surface area contributed by atoms with Gasteiger partial charge in [0.05, 0.1) is 17.1 Å². The Labute approximate surface area is 159 Å². The highest BCUT2D eigenvalue weighted by Gasteiger charge is 2.13. The maximum Gasteiger partial charge on any atom is 0.173 e. The summed E-state index contributed by atoms with van der Waals surface area (Å²) in [5.74, 6) is 0.611. The molecule has 4 rings (SSSR count). The SMILES string of the molecule is Cc1nc(CCN[S+]([O-])c2ccc(-c3c[nH]c4cc(F)ccc34)cc2)c[nH]1. The Bertz CT molecular complexity index is 1060. The van der Waals surface area contributed by atoms with E-state index in [0.717, 1.165) is 33.5 Å². The van der Waals surface area contributed by atoms with E-state index < -0.39 is 11.4 Å². The van der Waals surface area contributed by atoms with Crippen molar-refractivity contribution in [2.24, 2.45) is 0 Å². The molecule has 1 unspecified atom stereocenters. The normalized spacial score (nSPS) is 12.6. The van der Waals surface area contributed by atoms with Gasteiger partial charge >= 0.3 is 0 Å². The van der Waals surface area contributed by atoms with Crippen molar-refractivity contribution >= 4 is 22.3 Å². The summed E-state index contributed by atoms with van der Waals surface area (Å²) >= 11 is -1.28. The van der Waals surface area contributed by atoms with Crippen LogP contribution in [-0.2, 0) is 17.8 Å². The number of benzene rings is 2. The number of imidazole rings is 1. The Kier molecular flexibility index (Phi) is 4.98. The minimum Gasteiger partial charge on any atom is -0.593 e. The molecule has 2 aromatic heterocycles. The fourth-order valence-corrected chi connectivity index (χ4v) is 3.88. The smallest absolute Gasteiger partial charge is 0.173 e. The Balaban J connectivity index is 1.43. The van der Waals surface area contributed by atoms with E-state index in [9.17, 15) is 8.94 Å². The summed E-state index contributed by atoms with van der Waals surface area (Å²) in [5, 5.41) is 0.956. The molecular formula is C20H19FN4OS. The number of fused-ring (bicyclic) bond motifs is 1. The van der Waals surface area contributed by atoms with E-state index in [-0.39, 0.29) is 5.82 Å². The molecule has 7 heteroatoms. The molecular weight excluding hydrogens is 363 g/mol. The van der Waals surface area contributed by atoms with Crippen LogP contribution in [-0.4, -0.2) is 26.0 Å². The third-order valence-electron chi connectivity index (χ3n) is 4.40. The third kappa shape index (κ3) is 3.90. The van der Waals surface area contributed by atoms with Gasteiger partial charge in [-0.1, -0.05) is 0 Å². The number of halogens is 1. The topological polar surface area (TPSA) is 79.6 Å². The minimum absolute atomic E-state index is 0.266. The minimum atomic E-state index is -1.28. The molecule has 0 aliphatic heterocycles. The lowest BCUT2D eigenvalue weighted by molar-refractivity contribution is 0.580. The molecule has 0 aliphatic rings. The zero-order chi connectivity index (χ0) is 18.8. The van der Waals surface area contributed by atoms with Crippen molar-refractivity contribution in [3.63, 3.8) is 0 Å². The van der Waals surface area contributed by atoms with Gasteiger partial charge in [0, 0.05) is 41.8 Å². The van der Waals surface area contributed by atoms with Crippen LogP contribution in [0.2, 0.25) is 0 Å². The first-order valence-corrected chi connectivity index (χ1v) is 9.78. The standard InChI is InChI=1S/C20H19FN4OS/c1-13-22-11-16(25-13)8-9-24-27(26)17-5-2-14(3-6-17)19-12-23-20-10-15(21)4-7-18(19)20/h2-7,10-12,23-24H,8-9H2,1H3,(H,22,25). The van der Waals surface area contributed by atoms with Gasteiger partial charge in [0.15, 0.2) is 4.90 Å². The number of aromatic amines is 2. The molecule has 0 saturated carbocycles. The highest BCUT2D eigenvalue weighted by atomic mass is 32.2. The highest BCUT2D eigenvalue weighted by Crippen LogP contribution is 2.29. The number of H-pyrrole nitrogens is 2. The molecule has 0 bridgehead atoms. The van der Waals surface area contributed by atoms with Gasteiger partial charge in [0.1, 0.15) is 11.6 Å². The van der Waals surface area contributed by atoms with Crippen LogP contribution in [0.25, 0.3) is 22.0 Å². The molecule has 0 radical (unpaired) electrons. The van der Waals surface area contributed by atoms with Crippen LogP contribution >= 0.6 is 0 Å². The second kappa shape index (κ2) is 7.56. The Hall–Kier alpha value is -2.61. The number of nitrogens with zero attached hydrogens (tertiary/aromatic N) is 1. The molecule has 4 aromatic rings. The fraction of sp³-hybridized carbons (Fsp3) is 0.150. The van der Waals surface area contributed by atoms with Gasteiger partial charge in [-0.2, -0.15) is 0 Å². The van der Waals surface area contributed by atoms with Crippen molar-refractivity contribution in [1.29, 1.82) is 0 Å². The van der Waals surface area contributed by atoms with Gasteiger partial charge in [-0.3, -0.25) is 0 Å². The number of nitrogens with one attached hydrogen (secondary N) is 3.